The number of carboxylic acid groups (broad SMARTS) is 1. The summed E-state index contributed by atoms with van der Waals surface area (Å²) in [6.45, 7) is 4.89. The predicted octanol–water partition coefficient (Wildman–Crippen LogP) is 0.780. The second kappa shape index (κ2) is 10.2. The first kappa shape index (κ1) is 19.4. The zero-order valence-corrected chi connectivity index (χ0v) is 13.7. The number of carboxylic acids is 1. The lowest BCUT2D eigenvalue weighted by Gasteiger charge is -2.32. The Hall–Kier alpha value is -0.625. The molecule has 1 heterocycles. The molecule has 6 nitrogen and oxygen atoms in total. The van der Waals surface area contributed by atoms with Crippen LogP contribution in [0.15, 0.2) is 0 Å². The molecule has 0 aromatic heterocycles. The van der Waals surface area contributed by atoms with Crippen molar-refractivity contribution < 1.29 is 19.9 Å². The number of rotatable bonds is 10. The lowest BCUT2D eigenvalue weighted by molar-refractivity contribution is -0.140. The SMILES string of the molecule is CC(CCB(O)O)CCC(CN1CCCCC1)C(N)C(=O)O. The van der Waals surface area contributed by atoms with E-state index in [4.69, 9.17) is 15.8 Å². The number of nitrogens with two attached hydrogens (primary N) is 1. The summed E-state index contributed by atoms with van der Waals surface area (Å²) < 4.78 is 0. The Bertz CT molecular complexity index is 325. The molecule has 3 atom stereocenters. The van der Waals surface area contributed by atoms with Gasteiger partial charge in [-0.2, -0.15) is 0 Å². The zero-order chi connectivity index (χ0) is 16.5. The highest BCUT2D eigenvalue weighted by Crippen LogP contribution is 2.21. The average Bonchev–Trinajstić information content (AvgIpc) is 2.49. The van der Waals surface area contributed by atoms with Gasteiger partial charge >= 0.3 is 13.1 Å². The molecule has 0 spiro atoms. The second-order valence-corrected chi connectivity index (χ2v) is 6.73. The largest absolute Gasteiger partial charge is 0.480 e. The minimum atomic E-state index is -1.26. The van der Waals surface area contributed by atoms with Crippen LogP contribution in [-0.2, 0) is 4.79 Å². The molecule has 0 amide bonds. The number of aliphatic carboxylic acids is 1. The third-order valence-electron chi connectivity index (χ3n) is 4.68. The highest BCUT2D eigenvalue weighted by atomic mass is 16.4. The van der Waals surface area contributed by atoms with Crippen LogP contribution in [0.5, 0.6) is 0 Å². The van der Waals surface area contributed by atoms with Crippen molar-refractivity contribution in [3.05, 3.63) is 0 Å². The van der Waals surface area contributed by atoms with Crippen molar-refractivity contribution in [2.45, 2.75) is 57.8 Å². The molecule has 22 heavy (non-hydrogen) atoms. The molecule has 0 saturated carbocycles. The molecule has 5 N–H and O–H groups in total. The van der Waals surface area contributed by atoms with Gasteiger partial charge in [-0.25, -0.2) is 0 Å². The maximum absolute atomic E-state index is 11.2. The molecule has 7 heteroatoms. The highest BCUT2D eigenvalue weighted by Gasteiger charge is 2.27. The number of piperidine rings is 1. The first-order chi connectivity index (χ1) is 10.4. The Kier molecular flexibility index (Phi) is 9.01. The van der Waals surface area contributed by atoms with E-state index in [-0.39, 0.29) is 5.92 Å². The molecular weight excluding hydrogens is 283 g/mol. The van der Waals surface area contributed by atoms with E-state index in [1.54, 1.807) is 0 Å². The van der Waals surface area contributed by atoms with Crippen molar-refractivity contribution in [2.75, 3.05) is 19.6 Å². The predicted molar refractivity (Wildman–Crippen MR) is 87.4 cm³/mol. The van der Waals surface area contributed by atoms with Gasteiger partial charge in [0.2, 0.25) is 0 Å². The quantitative estimate of drug-likeness (QED) is 0.444. The fraction of sp³-hybridized carbons (Fsp3) is 0.933. The van der Waals surface area contributed by atoms with Gasteiger partial charge in [0.25, 0.3) is 0 Å². The molecule has 1 aliphatic heterocycles. The summed E-state index contributed by atoms with van der Waals surface area (Å²) in [5.74, 6) is -0.635. The summed E-state index contributed by atoms with van der Waals surface area (Å²) in [4.78, 5) is 13.6. The van der Waals surface area contributed by atoms with E-state index in [0.29, 0.717) is 12.2 Å². The van der Waals surface area contributed by atoms with Crippen LogP contribution < -0.4 is 5.73 Å². The summed E-state index contributed by atoms with van der Waals surface area (Å²) >= 11 is 0. The van der Waals surface area contributed by atoms with Gasteiger partial charge in [0, 0.05) is 6.54 Å². The first-order valence-corrected chi connectivity index (χ1v) is 8.47. The van der Waals surface area contributed by atoms with Gasteiger partial charge in [-0.15, -0.1) is 0 Å². The molecule has 0 radical (unpaired) electrons. The normalized spacial score (nSPS) is 20.4. The van der Waals surface area contributed by atoms with E-state index >= 15 is 0 Å². The Morgan fingerprint density at radius 2 is 1.82 bits per heavy atom. The lowest BCUT2D eigenvalue weighted by atomic mass is 9.79. The second-order valence-electron chi connectivity index (χ2n) is 6.73. The summed E-state index contributed by atoms with van der Waals surface area (Å²) in [6.07, 6.45) is 6.35. The highest BCUT2D eigenvalue weighted by molar-refractivity contribution is 6.40. The standard InChI is InChI=1S/C15H31BN2O4/c1-12(7-8-16(21)22)5-6-13(14(17)15(19)20)11-18-9-3-2-4-10-18/h12-14,21-22H,2-11,17H2,1H3,(H,19,20). The van der Waals surface area contributed by atoms with E-state index in [1.807, 2.05) is 0 Å². The van der Waals surface area contributed by atoms with E-state index in [0.717, 1.165) is 38.9 Å². The minimum Gasteiger partial charge on any atom is -0.480 e. The van der Waals surface area contributed by atoms with Crippen LogP contribution in [-0.4, -0.2) is 58.8 Å². The van der Waals surface area contributed by atoms with Gasteiger partial charge in [-0.05, 0) is 50.5 Å². The smallest absolute Gasteiger partial charge is 0.451 e. The summed E-state index contributed by atoms with van der Waals surface area (Å²) in [6, 6.07) is -0.822. The fourth-order valence-electron chi connectivity index (χ4n) is 3.14. The van der Waals surface area contributed by atoms with E-state index in [1.165, 1.54) is 19.3 Å². The number of likely N-dealkylation sites (tertiary alicyclic amines) is 1. The number of carbonyl (C=O) groups is 1. The van der Waals surface area contributed by atoms with Crippen LogP contribution in [0.3, 0.4) is 0 Å². The van der Waals surface area contributed by atoms with Gasteiger partial charge in [-0.1, -0.05) is 26.2 Å². The first-order valence-electron chi connectivity index (χ1n) is 8.47. The molecule has 1 rings (SSSR count). The molecule has 0 bridgehead atoms. The molecule has 1 aliphatic rings. The summed E-state index contributed by atoms with van der Waals surface area (Å²) in [7, 11) is -1.26. The summed E-state index contributed by atoms with van der Waals surface area (Å²) in [5.41, 5.74) is 5.88. The monoisotopic (exact) mass is 314 g/mol. The Labute approximate surface area is 133 Å². The van der Waals surface area contributed by atoms with Crippen molar-refractivity contribution in [1.82, 2.24) is 4.90 Å². The minimum absolute atomic E-state index is 0.0444. The van der Waals surface area contributed by atoms with Crippen molar-refractivity contribution >= 4 is 13.1 Å². The van der Waals surface area contributed by atoms with Gasteiger partial charge < -0.3 is 25.8 Å². The summed E-state index contributed by atoms with van der Waals surface area (Å²) in [5, 5.41) is 27.0. The molecular formula is C15H31BN2O4. The van der Waals surface area contributed by atoms with Crippen LogP contribution in [0.4, 0.5) is 0 Å². The van der Waals surface area contributed by atoms with Crippen molar-refractivity contribution in [1.29, 1.82) is 0 Å². The van der Waals surface area contributed by atoms with Gasteiger partial charge in [0.1, 0.15) is 6.04 Å². The number of nitrogens with zero attached hydrogens (tertiary/aromatic N) is 1. The average molecular weight is 314 g/mol. The number of hydrogen-bond donors (Lipinski definition) is 4. The molecule has 0 aromatic rings. The van der Waals surface area contributed by atoms with E-state index < -0.39 is 19.1 Å². The van der Waals surface area contributed by atoms with Gasteiger partial charge in [0.15, 0.2) is 0 Å². The van der Waals surface area contributed by atoms with Crippen molar-refractivity contribution in [3.8, 4) is 0 Å². The van der Waals surface area contributed by atoms with Crippen LogP contribution in [0, 0.1) is 11.8 Å². The maximum Gasteiger partial charge on any atom is 0.451 e. The molecule has 1 fully saturated rings. The molecule has 128 valence electrons. The van der Waals surface area contributed by atoms with Crippen LogP contribution in [0.2, 0.25) is 6.32 Å². The molecule has 0 aliphatic carbocycles. The van der Waals surface area contributed by atoms with Crippen molar-refractivity contribution in [2.24, 2.45) is 17.6 Å². The van der Waals surface area contributed by atoms with E-state index in [2.05, 4.69) is 11.8 Å². The fourth-order valence-corrected chi connectivity index (χ4v) is 3.14. The van der Waals surface area contributed by atoms with E-state index in [9.17, 15) is 9.90 Å². The molecule has 0 aromatic carbocycles. The topological polar surface area (TPSA) is 107 Å². The number of hydrogen-bond acceptors (Lipinski definition) is 5. The van der Waals surface area contributed by atoms with Gasteiger partial charge in [-0.3, -0.25) is 4.79 Å². The Morgan fingerprint density at radius 1 is 1.18 bits per heavy atom. The molecule has 3 unspecified atom stereocenters. The maximum atomic E-state index is 11.2. The molecule has 1 saturated heterocycles. The Balaban J connectivity index is 2.45. The van der Waals surface area contributed by atoms with Crippen molar-refractivity contribution in [3.63, 3.8) is 0 Å². The third-order valence-corrected chi connectivity index (χ3v) is 4.68. The lowest BCUT2D eigenvalue weighted by Crippen LogP contribution is -2.45. The van der Waals surface area contributed by atoms with Crippen LogP contribution >= 0.6 is 0 Å². The van der Waals surface area contributed by atoms with Gasteiger partial charge in [0.05, 0.1) is 0 Å². The Morgan fingerprint density at radius 3 is 2.36 bits per heavy atom. The third kappa shape index (κ3) is 7.58. The van der Waals surface area contributed by atoms with Crippen LogP contribution in [0.1, 0.15) is 45.4 Å². The zero-order valence-electron chi connectivity index (χ0n) is 13.7. The van der Waals surface area contributed by atoms with Crippen LogP contribution in [0.25, 0.3) is 0 Å².